The van der Waals surface area contributed by atoms with Crippen molar-refractivity contribution in [1.29, 1.82) is 0 Å². The molecule has 0 aliphatic rings. The number of phosphoric acid groups is 1. The first kappa shape index (κ1) is 12.1. The van der Waals surface area contributed by atoms with E-state index in [1.54, 1.807) is 0 Å². The fourth-order valence-corrected chi connectivity index (χ4v) is 0.876. The van der Waals surface area contributed by atoms with E-state index >= 15 is 0 Å². The van der Waals surface area contributed by atoms with Crippen LogP contribution in [0.15, 0.2) is 0 Å². The molecule has 0 aromatic heterocycles. The van der Waals surface area contributed by atoms with Crippen LogP contribution in [0, 0.1) is 0 Å². The fraction of sp³-hybridized carbons (Fsp3) is 1.00. The number of hydrogen-bond donors (Lipinski definition) is 2. The maximum absolute atomic E-state index is 10.1. The summed E-state index contributed by atoms with van der Waals surface area (Å²) in [6.45, 7) is 2.82. The van der Waals surface area contributed by atoms with Gasteiger partial charge in [0.15, 0.2) is 0 Å². The first-order chi connectivity index (χ1) is 5.56. The van der Waals surface area contributed by atoms with Gasteiger partial charge in [-0.3, -0.25) is 4.52 Å². The summed E-state index contributed by atoms with van der Waals surface area (Å²) in [7, 11) is -4.30. The van der Waals surface area contributed by atoms with E-state index in [-0.39, 0.29) is 13.2 Å². The lowest BCUT2D eigenvalue weighted by atomic mass is 10.4. The molecule has 0 heterocycles. The molecule has 2 N–H and O–H groups in total. The van der Waals surface area contributed by atoms with Gasteiger partial charge in [0, 0.05) is 6.61 Å². The van der Waals surface area contributed by atoms with Crippen LogP contribution in [-0.4, -0.2) is 29.6 Å². The maximum atomic E-state index is 10.1. The summed E-state index contributed by atoms with van der Waals surface area (Å²) in [6, 6.07) is 0. The summed E-state index contributed by atoms with van der Waals surface area (Å²) in [5.41, 5.74) is 0. The lowest BCUT2D eigenvalue weighted by molar-refractivity contribution is 0.0839. The van der Waals surface area contributed by atoms with Crippen molar-refractivity contribution in [1.82, 2.24) is 0 Å². The van der Waals surface area contributed by atoms with E-state index in [1.165, 1.54) is 0 Å². The van der Waals surface area contributed by atoms with E-state index in [9.17, 15) is 4.57 Å². The van der Waals surface area contributed by atoms with Crippen molar-refractivity contribution in [3.05, 3.63) is 0 Å². The number of ether oxygens (including phenoxy) is 1. The molecule has 12 heavy (non-hydrogen) atoms. The van der Waals surface area contributed by atoms with Gasteiger partial charge in [0.25, 0.3) is 0 Å². The van der Waals surface area contributed by atoms with Crippen LogP contribution in [0.1, 0.15) is 19.8 Å². The smallest absolute Gasteiger partial charge is 0.379 e. The molecule has 0 fully saturated rings. The Morgan fingerprint density at radius 2 is 1.92 bits per heavy atom. The minimum absolute atomic E-state index is 0.0615. The predicted molar refractivity (Wildman–Crippen MR) is 43.7 cm³/mol. The van der Waals surface area contributed by atoms with E-state index in [4.69, 9.17) is 14.5 Å². The van der Waals surface area contributed by atoms with Crippen molar-refractivity contribution < 1.29 is 23.6 Å². The van der Waals surface area contributed by atoms with Crippen molar-refractivity contribution in [2.75, 3.05) is 19.8 Å². The van der Waals surface area contributed by atoms with Gasteiger partial charge in [0.05, 0.1) is 13.2 Å². The van der Waals surface area contributed by atoms with Gasteiger partial charge in [-0.15, -0.1) is 0 Å². The lowest BCUT2D eigenvalue weighted by Gasteiger charge is -2.05. The molecule has 0 aliphatic heterocycles. The number of phosphoric ester groups is 1. The molecule has 0 atom stereocenters. The number of hydrogen-bond acceptors (Lipinski definition) is 3. The molecule has 0 saturated heterocycles. The average molecular weight is 198 g/mol. The van der Waals surface area contributed by atoms with Crippen LogP contribution in [0.4, 0.5) is 0 Å². The van der Waals surface area contributed by atoms with Crippen LogP contribution < -0.4 is 0 Å². The van der Waals surface area contributed by atoms with Gasteiger partial charge in [0.2, 0.25) is 0 Å². The molecule has 6 heteroatoms. The van der Waals surface area contributed by atoms with Gasteiger partial charge in [-0.2, -0.15) is 0 Å². The second-order valence-electron chi connectivity index (χ2n) is 2.29. The SMILES string of the molecule is CCCCOCCOP(=O)(O)O. The summed E-state index contributed by atoms with van der Waals surface area (Å²) < 4.78 is 19.3. The van der Waals surface area contributed by atoms with Gasteiger partial charge in [-0.1, -0.05) is 13.3 Å². The normalized spacial score (nSPS) is 11.9. The Bertz CT molecular complexity index is 143. The lowest BCUT2D eigenvalue weighted by Crippen LogP contribution is -2.03. The van der Waals surface area contributed by atoms with Crippen molar-refractivity contribution in [2.24, 2.45) is 0 Å². The molecule has 0 bridgehead atoms. The molecule has 0 saturated carbocycles. The monoisotopic (exact) mass is 198 g/mol. The zero-order valence-corrected chi connectivity index (χ0v) is 8.00. The maximum Gasteiger partial charge on any atom is 0.469 e. The molecule has 74 valence electrons. The minimum Gasteiger partial charge on any atom is -0.379 e. The molecule has 5 nitrogen and oxygen atoms in total. The molecule has 0 radical (unpaired) electrons. The molecule has 0 unspecified atom stereocenters. The third-order valence-electron chi connectivity index (χ3n) is 1.13. The first-order valence-electron chi connectivity index (χ1n) is 3.84. The third-order valence-corrected chi connectivity index (χ3v) is 1.65. The van der Waals surface area contributed by atoms with Crippen molar-refractivity contribution in [3.63, 3.8) is 0 Å². The Morgan fingerprint density at radius 1 is 1.25 bits per heavy atom. The third kappa shape index (κ3) is 10.1. The fourth-order valence-electron chi connectivity index (χ4n) is 0.564. The highest BCUT2D eigenvalue weighted by atomic mass is 31.2. The molecule has 0 amide bonds. The predicted octanol–water partition coefficient (Wildman–Crippen LogP) is 0.912. The molecule has 0 rings (SSSR count). The molecule has 0 aromatic carbocycles. The molecule has 0 aliphatic carbocycles. The Kier molecular flexibility index (Phi) is 6.61. The molecule has 0 spiro atoms. The van der Waals surface area contributed by atoms with Crippen LogP contribution >= 0.6 is 7.82 Å². The minimum atomic E-state index is -4.30. The Morgan fingerprint density at radius 3 is 2.42 bits per heavy atom. The van der Waals surface area contributed by atoms with E-state index in [1.807, 2.05) is 6.92 Å². The highest BCUT2D eigenvalue weighted by molar-refractivity contribution is 7.46. The highest BCUT2D eigenvalue weighted by Crippen LogP contribution is 2.35. The van der Waals surface area contributed by atoms with Crippen LogP contribution in [0.2, 0.25) is 0 Å². The zero-order valence-electron chi connectivity index (χ0n) is 7.10. The highest BCUT2D eigenvalue weighted by Gasteiger charge is 2.12. The number of rotatable bonds is 7. The second-order valence-corrected chi connectivity index (χ2v) is 3.53. The summed E-state index contributed by atoms with van der Waals surface area (Å²) in [5.74, 6) is 0. The average Bonchev–Trinajstić information content (AvgIpc) is 1.94. The summed E-state index contributed by atoms with van der Waals surface area (Å²) in [5, 5.41) is 0. The molecular formula is C6H15O5P. The van der Waals surface area contributed by atoms with Gasteiger partial charge in [-0.05, 0) is 6.42 Å². The van der Waals surface area contributed by atoms with Crippen LogP contribution in [0.3, 0.4) is 0 Å². The summed E-state index contributed by atoms with van der Waals surface area (Å²) >= 11 is 0. The number of unbranched alkanes of at least 4 members (excludes halogenated alkanes) is 1. The van der Waals surface area contributed by atoms with Crippen molar-refractivity contribution >= 4 is 7.82 Å². The summed E-state index contributed by atoms with van der Waals surface area (Å²) in [6.07, 6.45) is 2.00. The Hall–Kier alpha value is 0.0700. The van der Waals surface area contributed by atoms with Crippen molar-refractivity contribution in [3.8, 4) is 0 Å². The van der Waals surface area contributed by atoms with E-state index < -0.39 is 7.82 Å². The van der Waals surface area contributed by atoms with Gasteiger partial charge in [0.1, 0.15) is 0 Å². The van der Waals surface area contributed by atoms with E-state index in [0.29, 0.717) is 6.61 Å². The standard InChI is InChI=1S/C6H15O5P/c1-2-3-4-10-5-6-11-12(7,8)9/h2-6H2,1H3,(H2,7,8,9). The van der Waals surface area contributed by atoms with Crippen LogP contribution in [0.25, 0.3) is 0 Å². The van der Waals surface area contributed by atoms with Crippen LogP contribution in [-0.2, 0) is 13.8 Å². The van der Waals surface area contributed by atoms with Gasteiger partial charge in [-0.25, -0.2) is 4.57 Å². The van der Waals surface area contributed by atoms with E-state index in [2.05, 4.69) is 4.52 Å². The quantitative estimate of drug-likeness (QED) is 0.469. The second kappa shape index (κ2) is 6.57. The van der Waals surface area contributed by atoms with E-state index in [0.717, 1.165) is 12.8 Å². The van der Waals surface area contributed by atoms with Gasteiger partial charge < -0.3 is 14.5 Å². The van der Waals surface area contributed by atoms with Crippen molar-refractivity contribution in [2.45, 2.75) is 19.8 Å². The Balaban J connectivity index is 3.06. The largest absolute Gasteiger partial charge is 0.469 e. The topological polar surface area (TPSA) is 76.0 Å². The molecular weight excluding hydrogens is 183 g/mol. The first-order valence-corrected chi connectivity index (χ1v) is 5.37. The zero-order chi connectivity index (χ0) is 9.45. The van der Waals surface area contributed by atoms with Gasteiger partial charge >= 0.3 is 7.82 Å². The van der Waals surface area contributed by atoms with Crippen LogP contribution in [0.5, 0.6) is 0 Å². The molecule has 0 aromatic rings. The summed E-state index contributed by atoms with van der Waals surface area (Å²) in [4.78, 5) is 16.5. The Labute approximate surface area is 71.9 Å².